The van der Waals surface area contributed by atoms with Crippen LogP contribution in [0.1, 0.15) is 18.9 Å². The van der Waals surface area contributed by atoms with Gasteiger partial charge in [-0.15, -0.1) is 11.8 Å². The van der Waals surface area contributed by atoms with Crippen molar-refractivity contribution in [3.05, 3.63) is 78.4 Å². The maximum absolute atomic E-state index is 12.3. The molecule has 5 heteroatoms. The highest BCUT2D eigenvalue weighted by atomic mass is 32.2. The van der Waals surface area contributed by atoms with Gasteiger partial charge in [-0.05, 0) is 24.1 Å². The molecule has 0 radical (unpaired) electrons. The normalized spacial score (nSPS) is 21.9. The Labute approximate surface area is 157 Å². The maximum Gasteiger partial charge on any atom is 0.330 e. The van der Waals surface area contributed by atoms with Gasteiger partial charge in [-0.3, -0.25) is 4.79 Å². The van der Waals surface area contributed by atoms with Crippen LogP contribution in [0.25, 0.3) is 0 Å². The molecular formula is C21H21NO3S. The summed E-state index contributed by atoms with van der Waals surface area (Å²) >= 11 is 1.54. The van der Waals surface area contributed by atoms with Gasteiger partial charge in [0.25, 0.3) is 0 Å². The first-order valence-electron chi connectivity index (χ1n) is 8.58. The number of β-lactam (4-membered cyclic amide) rings is 1. The monoisotopic (exact) mass is 367 g/mol. The van der Waals surface area contributed by atoms with Crippen LogP contribution in [0.2, 0.25) is 0 Å². The smallest absolute Gasteiger partial charge is 0.330 e. The molecule has 2 unspecified atom stereocenters. The lowest BCUT2D eigenvalue weighted by atomic mass is 9.86. The molecule has 2 aromatic carbocycles. The Morgan fingerprint density at radius 1 is 1.15 bits per heavy atom. The summed E-state index contributed by atoms with van der Waals surface area (Å²) in [5.41, 5.74) is 0.939. The predicted octanol–water partition coefficient (Wildman–Crippen LogP) is 3.73. The topological polar surface area (TPSA) is 55.4 Å². The van der Waals surface area contributed by atoms with Gasteiger partial charge in [0.05, 0.1) is 6.04 Å². The average Bonchev–Trinajstić information content (AvgIpc) is 2.69. The van der Waals surface area contributed by atoms with Crippen molar-refractivity contribution in [2.45, 2.75) is 35.6 Å². The van der Waals surface area contributed by atoms with Gasteiger partial charge in [-0.1, -0.05) is 61.5 Å². The first kappa shape index (κ1) is 18.3. The van der Waals surface area contributed by atoms with Crippen LogP contribution >= 0.6 is 11.8 Å². The molecule has 1 N–H and O–H groups in total. The molecule has 1 aliphatic rings. The van der Waals surface area contributed by atoms with Crippen LogP contribution in [-0.4, -0.2) is 22.7 Å². The summed E-state index contributed by atoms with van der Waals surface area (Å²) in [5.74, 6) is -0.411. The van der Waals surface area contributed by atoms with E-state index in [9.17, 15) is 9.59 Å². The lowest BCUT2D eigenvalue weighted by molar-refractivity contribution is -0.139. The Hall–Kier alpha value is -2.53. The van der Waals surface area contributed by atoms with Gasteiger partial charge in [-0.2, -0.15) is 0 Å². The molecule has 0 aromatic heterocycles. The van der Waals surface area contributed by atoms with Gasteiger partial charge in [-0.25, -0.2) is 4.79 Å². The van der Waals surface area contributed by atoms with Gasteiger partial charge in [0.15, 0.2) is 0 Å². The van der Waals surface area contributed by atoms with Crippen molar-refractivity contribution in [3.63, 3.8) is 0 Å². The minimum absolute atomic E-state index is 0.00107. The third kappa shape index (κ3) is 3.99. The van der Waals surface area contributed by atoms with Gasteiger partial charge >= 0.3 is 5.97 Å². The fourth-order valence-electron chi connectivity index (χ4n) is 2.86. The van der Waals surface area contributed by atoms with Crippen molar-refractivity contribution in [3.8, 4) is 0 Å². The Balaban J connectivity index is 1.61. The zero-order valence-corrected chi connectivity index (χ0v) is 15.4. The summed E-state index contributed by atoms with van der Waals surface area (Å²) in [6.45, 7) is 2.22. The predicted molar refractivity (Wildman–Crippen MR) is 103 cm³/mol. The molecule has 0 aliphatic carbocycles. The number of esters is 1. The fourth-order valence-corrected chi connectivity index (χ4v) is 4.13. The van der Waals surface area contributed by atoms with E-state index in [0.29, 0.717) is 6.42 Å². The van der Waals surface area contributed by atoms with Crippen LogP contribution in [0.4, 0.5) is 0 Å². The van der Waals surface area contributed by atoms with Crippen LogP contribution in [0, 0.1) is 0 Å². The molecular weight excluding hydrogens is 346 g/mol. The number of hydrogen-bond acceptors (Lipinski definition) is 4. The molecule has 0 saturated carbocycles. The van der Waals surface area contributed by atoms with E-state index in [2.05, 4.69) is 5.32 Å². The van der Waals surface area contributed by atoms with E-state index in [1.54, 1.807) is 17.8 Å². The minimum Gasteiger partial charge on any atom is -0.458 e. The van der Waals surface area contributed by atoms with E-state index >= 15 is 0 Å². The summed E-state index contributed by atoms with van der Waals surface area (Å²) in [6, 6.07) is 19.2. The second-order valence-corrected chi connectivity index (χ2v) is 7.47. The summed E-state index contributed by atoms with van der Waals surface area (Å²) in [5, 5.41) is 2.88. The van der Waals surface area contributed by atoms with Crippen molar-refractivity contribution < 1.29 is 14.3 Å². The molecule has 1 fully saturated rings. The summed E-state index contributed by atoms with van der Waals surface area (Å²) in [6.07, 6.45) is 3.81. The van der Waals surface area contributed by atoms with Crippen molar-refractivity contribution in [1.29, 1.82) is 0 Å². The van der Waals surface area contributed by atoms with Crippen LogP contribution in [0.15, 0.2) is 77.7 Å². The average molecular weight is 367 g/mol. The second kappa shape index (κ2) is 8.23. The van der Waals surface area contributed by atoms with Gasteiger partial charge in [0.1, 0.15) is 11.4 Å². The highest BCUT2D eigenvalue weighted by Crippen LogP contribution is 2.44. The third-order valence-corrected chi connectivity index (χ3v) is 5.99. The highest BCUT2D eigenvalue weighted by Gasteiger charge is 2.53. The standard InChI is InChI=1S/C21H21NO3S/c1-2-21(26-17-11-7-4-8-12-17)18(22-20(21)24)13-14-19(23)25-15-16-9-5-3-6-10-16/h3-14,18H,2,15H2,1H3,(H,22,24)/b14-13-. The van der Waals surface area contributed by atoms with E-state index < -0.39 is 10.7 Å². The van der Waals surface area contributed by atoms with E-state index in [1.165, 1.54) is 6.08 Å². The summed E-state index contributed by atoms with van der Waals surface area (Å²) in [4.78, 5) is 25.3. The highest BCUT2D eigenvalue weighted by molar-refractivity contribution is 8.01. The van der Waals surface area contributed by atoms with E-state index in [4.69, 9.17) is 4.74 Å². The Morgan fingerprint density at radius 3 is 2.42 bits per heavy atom. The fraction of sp³-hybridized carbons (Fsp3) is 0.238. The van der Waals surface area contributed by atoms with Gasteiger partial charge in [0.2, 0.25) is 5.91 Å². The third-order valence-electron chi connectivity index (χ3n) is 4.39. The number of thioether (sulfide) groups is 1. The largest absolute Gasteiger partial charge is 0.458 e. The van der Waals surface area contributed by atoms with Crippen molar-refractivity contribution in [1.82, 2.24) is 5.32 Å². The second-order valence-electron chi connectivity index (χ2n) is 6.06. The molecule has 1 heterocycles. The zero-order chi connectivity index (χ0) is 18.4. The van der Waals surface area contributed by atoms with Crippen molar-refractivity contribution >= 4 is 23.6 Å². The number of rotatable bonds is 7. The molecule has 1 saturated heterocycles. The Morgan fingerprint density at radius 2 is 1.81 bits per heavy atom. The van der Waals surface area contributed by atoms with Gasteiger partial charge < -0.3 is 10.1 Å². The SMILES string of the molecule is CCC1(Sc2ccccc2)C(=O)NC1/C=C\C(=O)OCc1ccccc1. The van der Waals surface area contributed by atoms with E-state index in [0.717, 1.165) is 10.5 Å². The summed E-state index contributed by atoms with van der Waals surface area (Å²) in [7, 11) is 0. The zero-order valence-electron chi connectivity index (χ0n) is 14.6. The lowest BCUT2D eigenvalue weighted by Gasteiger charge is -2.46. The van der Waals surface area contributed by atoms with E-state index in [1.807, 2.05) is 67.6 Å². The summed E-state index contributed by atoms with van der Waals surface area (Å²) < 4.78 is 4.66. The Kier molecular flexibility index (Phi) is 5.78. The first-order valence-corrected chi connectivity index (χ1v) is 9.39. The number of benzene rings is 2. The first-order chi connectivity index (χ1) is 12.6. The quantitative estimate of drug-likeness (QED) is 0.460. The number of amides is 1. The number of hydrogen-bond donors (Lipinski definition) is 1. The van der Waals surface area contributed by atoms with Crippen LogP contribution < -0.4 is 5.32 Å². The molecule has 1 aliphatic heterocycles. The van der Waals surface area contributed by atoms with E-state index in [-0.39, 0.29) is 18.6 Å². The van der Waals surface area contributed by atoms with Crippen LogP contribution in [0.5, 0.6) is 0 Å². The molecule has 3 rings (SSSR count). The lowest BCUT2D eigenvalue weighted by Crippen LogP contribution is -2.69. The van der Waals surface area contributed by atoms with Crippen molar-refractivity contribution in [2.24, 2.45) is 0 Å². The van der Waals surface area contributed by atoms with Crippen LogP contribution in [-0.2, 0) is 20.9 Å². The number of nitrogens with one attached hydrogen (secondary N) is 1. The molecule has 1 amide bonds. The van der Waals surface area contributed by atoms with Crippen LogP contribution in [0.3, 0.4) is 0 Å². The van der Waals surface area contributed by atoms with Crippen molar-refractivity contribution in [2.75, 3.05) is 0 Å². The molecule has 0 spiro atoms. The number of carbonyl (C=O) groups excluding carboxylic acids is 2. The molecule has 134 valence electrons. The molecule has 4 nitrogen and oxygen atoms in total. The Bertz CT molecular complexity index is 791. The number of ether oxygens (including phenoxy) is 1. The molecule has 2 aromatic rings. The van der Waals surface area contributed by atoms with Gasteiger partial charge in [0, 0.05) is 11.0 Å². The maximum atomic E-state index is 12.3. The number of carbonyl (C=O) groups is 2. The minimum atomic E-state index is -0.586. The molecule has 26 heavy (non-hydrogen) atoms. The molecule has 2 atom stereocenters. The molecule has 0 bridgehead atoms.